The summed E-state index contributed by atoms with van der Waals surface area (Å²) in [7, 11) is -0.735. The van der Waals surface area contributed by atoms with E-state index in [9.17, 15) is 8.42 Å². The molecule has 2 saturated heterocycles. The van der Waals surface area contributed by atoms with Gasteiger partial charge in [-0.25, -0.2) is 18.1 Å². The van der Waals surface area contributed by atoms with Gasteiger partial charge in [0.25, 0.3) is 0 Å². The standard InChI is InChI=1S/C18H25N5O2S/c1-22-9-4-16(5-10-22)23-17(12-14-6-11-26(24,25)13-14)20-18(21-23)15-2-7-19-8-3-15/h2-3,7-8,14,16H,4-6,9-13H2,1H3. The molecule has 2 aliphatic rings. The Hall–Kier alpha value is -1.80. The highest BCUT2D eigenvalue weighted by molar-refractivity contribution is 7.91. The zero-order valence-electron chi connectivity index (χ0n) is 15.1. The lowest BCUT2D eigenvalue weighted by atomic mass is 10.0. The Bertz CT molecular complexity index is 857. The SMILES string of the molecule is CN1CCC(n2nc(-c3ccncc3)nc2CC2CCS(=O)(=O)C2)CC1. The van der Waals surface area contributed by atoms with E-state index in [1.807, 2.05) is 12.1 Å². The predicted octanol–water partition coefficient (Wildman–Crippen LogP) is 1.58. The smallest absolute Gasteiger partial charge is 0.181 e. The summed E-state index contributed by atoms with van der Waals surface area (Å²) in [5.41, 5.74) is 0.951. The third-order valence-corrected chi connectivity index (χ3v) is 7.31. The van der Waals surface area contributed by atoms with E-state index in [2.05, 4.69) is 21.6 Å². The van der Waals surface area contributed by atoms with E-state index in [1.165, 1.54) is 0 Å². The van der Waals surface area contributed by atoms with Gasteiger partial charge in [-0.3, -0.25) is 4.98 Å². The number of rotatable bonds is 4. The molecule has 0 bridgehead atoms. The van der Waals surface area contributed by atoms with Crippen molar-refractivity contribution in [1.29, 1.82) is 0 Å². The molecule has 7 nitrogen and oxygen atoms in total. The minimum absolute atomic E-state index is 0.152. The topological polar surface area (TPSA) is 81.0 Å². The number of piperidine rings is 1. The number of pyridine rings is 1. The van der Waals surface area contributed by atoms with Crippen LogP contribution in [-0.2, 0) is 16.3 Å². The van der Waals surface area contributed by atoms with Crippen molar-refractivity contribution in [2.24, 2.45) is 5.92 Å². The maximum absolute atomic E-state index is 11.8. The molecule has 0 N–H and O–H groups in total. The van der Waals surface area contributed by atoms with E-state index >= 15 is 0 Å². The molecule has 1 atom stereocenters. The Morgan fingerprint density at radius 1 is 1.15 bits per heavy atom. The van der Waals surface area contributed by atoms with Crippen molar-refractivity contribution in [1.82, 2.24) is 24.6 Å². The first-order chi connectivity index (χ1) is 12.5. The molecule has 26 heavy (non-hydrogen) atoms. The molecule has 0 aliphatic carbocycles. The van der Waals surface area contributed by atoms with Crippen molar-refractivity contribution >= 4 is 9.84 Å². The van der Waals surface area contributed by atoms with Gasteiger partial charge in [-0.2, -0.15) is 5.10 Å². The molecule has 0 radical (unpaired) electrons. The fourth-order valence-electron chi connectivity index (χ4n) is 3.94. The van der Waals surface area contributed by atoms with Gasteiger partial charge in [0.2, 0.25) is 0 Å². The van der Waals surface area contributed by atoms with E-state index in [0.29, 0.717) is 24.0 Å². The molecule has 0 saturated carbocycles. The van der Waals surface area contributed by atoms with Crippen LogP contribution in [0.1, 0.15) is 31.1 Å². The van der Waals surface area contributed by atoms with Crippen LogP contribution >= 0.6 is 0 Å². The number of aromatic nitrogens is 4. The summed E-state index contributed by atoms with van der Waals surface area (Å²) in [6.45, 7) is 2.10. The molecule has 2 fully saturated rings. The van der Waals surface area contributed by atoms with E-state index in [4.69, 9.17) is 10.1 Å². The quantitative estimate of drug-likeness (QED) is 0.807. The molecule has 2 aromatic rings. The predicted molar refractivity (Wildman–Crippen MR) is 99.5 cm³/mol. The number of hydrogen-bond donors (Lipinski definition) is 0. The zero-order chi connectivity index (χ0) is 18.1. The summed E-state index contributed by atoms with van der Waals surface area (Å²) in [5.74, 6) is 2.37. The van der Waals surface area contributed by atoms with Crippen LogP contribution in [0.4, 0.5) is 0 Å². The van der Waals surface area contributed by atoms with Crippen LogP contribution < -0.4 is 0 Å². The summed E-state index contributed by atoms with van der Waals surface area (Å²) in [6.07, 6.45) is 7.00. The second-order valence-corrected chi connectivity index (χ2v) is 9.77. The van der Waals surface area contributed by atoms with E-state index in [-0.39, 0.29) is 11.7 Å². The third kappa shape index (κ3) is 3.81. The van der Waals surface area contributed by atoms with Crippen molar-refractivity contribution < 1.29 is 8.42 Å². The molecule has 0 spiro atoms. The lowest BCUT2D eigenvalue weighted by molar-refractivity contribution is 0.208. The second-order valence-electron chi connectivity index (χ2n) is 7.54. The van der Waals surface area contributed by atoms with E-state index in [1.54, 1.807) is 12.4 Å². The van der Waals surface area contributed by atoms with Gasteiger partial charge in [-0.15, -0.1) is 0 Å². The van der Waals surface area contributed by atoms with E-state index in [0.717, 1.165) is 43.7 Å². The highest BCUT2D eigenvalue weighted by Crippen LogP contribution is 2.28. The fourth-order valence-corrected chi connectivity index (χ4v) is 5.80. The van der Waals surface area contributed by atoms with Crippen LogP contribution in [0.2, 0.25) is 0 Å². The van der Waals surface area contributed by atoms with Crippen LogP contribution in [0.5, 0.6) is 0 Å². The van der Waals surface area contributed by atoms with Crippen LogP contribution in [0.15, 0.2) is 24.5 Å². The Morgan fingerprint density at radius 2 is 1.88 bits per heavy atom. The summed E-state index contributed by atoms with van der Waals surface area (Å²) in [4.78, 5) is 11.2. The Labute approximate surface area is 154 Å². The van der Waals surface area contributed by atoms with Crippen LogP contribution in [0.25, 0.3) is 11.4 Å². The Morgan fingerprint density at radius 3 is 2.54 bits per heavy atom. The molecule has 0 aromatic carbocycles. The molecular formula is C18H25N5O2S. The van der Waals surface area contributed by atoms with Crippen LogP contribution in [0.3, 0.4) is 0 Å². The number of nitrogens with zero attached hydrogens (tertiary/aromatic N) is 5. The fraction of sp³-hybridized carbons (Fsp3) is 0.611. The van der Waals surface area contributed by atoms with Crippen molar-refractivity contribution in [3.8, 4) is 11.4 Å². The largest absolute Gasteiger partial charge is 0.306 e. The summed E-state index contributed by atoms with van der Waals surface area (Å²) >= 11 is 0. The summed E-state index contributed by atoms with van der Waals surface area (Å²) in [6, 6.07) is 4.17. The van der Waals surface area contributed by atoms with Gasteiger partial charge in [0, 0.05) is 24.4 Å². The van der Waals surface area contributed by atoms with Gasteiger partial charge in [-0.1, -0.05) is 0 Å². The molecule has 4 heterocycles. The van der Waals surface area contributed by atoms with Gasteiger partial charge >= 0.3 is 0 Å². The number of hydrogen-bond acceptors (Lipinski definition) is 6. The number of sulfone groups is 1. The van der Waals surface area contributed by atoms with Crippen molar-refractivity contribution in [3.05, 3.63) is 30.4 Å². The van der Waals surface area contributed by atoms with Crippen molar-refractivity contribution in [3.63, 3.8) is 0 Å². The Kier molecular flexibility index (Phi) is 4.79. The van der Waals surface area contributed by atoms with Gasteiger partial charge in [0.15, 0.2) is 15.7 Å². The Balaban J connectivity index is 1.63. The number of likely N-dealkylation sites (tertiary alicyclic amines) is 1. The molecule has 140 valence electrons. The van der Waals surface area contributed by atoms with Crippen LogP contribution in [0, 0.1) is 5.92 Å². The van der Waals surface area contributed by atoms with Crippen molar-refractivity contribution in [2.75, 3.05) is 31.6 Å². The lowest BCUT2D eigenvalue weighted by Crippen LogP contribution is -2.32. The van der Waals surface area contributed by atoms with Gasteiger partial charge < -0.3 is 4.90 Å². The monoisotopic (exact) mass is 375 g/mol. The lowest BCUT2D eigenvalue weighted by Gasteiger charge is -2.29. The molecule has 4 rings (SSSR count). The van der Waals surface area contributed by atoms with Gasteiger partial charge in [0.05, 0.1) is 17.5 Å². The maximum Gasteiger partial charge on any atom is 0.181 e. The average Bonchev–Trinajstić information content (AvgIpc) is 3.20. The third-order valence-electron chi connectivity index (χ3n) is 5.47. The molecule has 0 amide bonds. The molecule has 2 aromatic heterocycles. The highest BCUT2D eigenvalue weighted by Gasteiger charge is 2.31. The second kappa shape index (κ2) is 7.08. The first kappa shape index (κ1) is 17.6. The minimum atomic E-state index is -2.88. The van der Waals surface area contributed by atoms with Gasteiger partial charge in [-0.05, 0) is 57.5 Å². The van der Waals surface area contributed by atoms with Gasteiger partial charge in [0.1, 0.15) is 5.82 Å². The molecule has 2 aliphatic heterocycles. The first-order valence-electron chi connectivity index (χ1n) is 9.25. The summed E-state index contributed by atoms with van der Waals surface area (Å²) in [5, 5.41) is 4.82. The summed E-state index contributed by atoms with van der Waals surface area (Å²) < 4.78 is 25.7. The molecule has 8 heteroatoms. The maximum atomic E-state index is 11.8. The molecular weight excluding hydrogens is 350 g/mol. The molecule has 1 unspecified atom stereocenters. The normalized spacial score (nSPS) is 24.1. The average molecular weight is 375 g/mol. The minimum Gasteiger partial charge on any atom is -0.306 e. The van der Waals surface area contributed by atoms with Crippen molar-refractivity contribution in [2.45, 2.75) is 31.7 Å². The first-order valence-corrected chi connectivity index (χ1v) is 11.1. The van der Waals surface area contributed by atoms with E-state index < -0.39 is 9.84 Å². The highest BCUT2D eigenvalue weighted by atomic mass is 32.2. The zero-order valence-corrected chi connectivity index (χ0v) is 15.9. The van der Waals surface area contributed by atoms with Crippen LogP contribution in [-0.4, -0.2) is 64.7 Å².